The van der Waals surface area contributed by atoms with Gasteiger partial charge in [0.05, 0.1) is 23.4 Å². The molecule has 0 atom stereocenters. The second kappa shape index (κ2) is 5.58. The SMILES string of the molecule is COC(=O)c1cccc(Nc2ncc(Cl)cc2N)c1. The number of nitrogens with zero attached hydrogens (tertiary/aromatic N) is 1. The van der Waals surface area contributed by atoms with Gasteiger partial charge in [0.1, 0.15) is 0 Å². The summed E-state index contributed by atoms with van der Waals surface area (Å²) in [6, 6.07) is 8.45. The first-order chi connectivity index (χ1) is 9.10. The van der Waals surface area contributed by atoms with E-state index in [1.165, 1.54) is 13.3 Å². The minimum absolute atomic E-state index is 0.402. The van der Waals surface area contributed by atoms with Crippen LogP contribution in [0.25, 0.3) is 0 Å². The van der Waals surface area contributed by atoms with Crippen molar-refractivity contribution in [1.29, 1.82) is 0 Å². The Bertz CT molecular complexity index is 617. The average molecular weight is 278 g/mol. The number of halogens is 1. The van der Waals surface area contributed by atoms with Gasteiger partial charge in [0, 0.05) is 11.9 Å². The summed E-state index contributed by atoms with van der Waals surface area (Å²) in [4.78, 5) is 15.5. The van der Waals surface area contributed by atoms with Crippen LogP contribution < -0.4 is 11.1 Å². The van der Waals surface area contributed by atoms with Crippen LogP contribution in [0.5, 0.6) is 0 Å². The molecule has 98 valence electrons. The molecule has 2 aromatic rings. The number of hydrogen-bond acceptors (Lipinski definition) is 5. The summed E-state index contributed by atoms with van der Waals surface area (Å²) in [5.74, 6) is 0.0760. The molecule has 1 aromatic heterocycles. The first kappa shape index (κ1) is 13.2. The van der Waals surface area contributed by atoms with Gasteiger partial charge < -0.3 is 15.8 Å². The maximum atomic E-state index is 11.4. The average Bonchev–Trinajstić information content (AvgIpc) is 2.41. The lowest BCUT2D eigenvalue weighted by Crippen LogP contribution is -2.03. The Morgan fingerprint density at radius 3 is 2.89 bits per heavy atom. The van der Waals surface area contributed by atoms with E-state index in [1.54, 1.807) is 30.3 Å². The van der Waals surface area contributed by atoms with E-state index in [1.807, 2.05) is 0 Å². The summed E-state index contributed by atoms with van der Waals surface area (Å²) in [6.07, 6.45) is 1.49. The highest BCUT2D eigenvalue weighted by atomic mass is 35.5. The Kier molecular flexibility index (Phi) is 3.87. The molecule has 1 heterocycles. The number of nitrogen functional groups attached to an aromatic ring is 1. The highest BCUT2D eigenvalue weighted by molar-refractivity contribution is 6.30. The zero-order chi connectivity index (χ0) is 13.8. The minimum Gasteiger partial charge on any atom is -0.465 e. The lowest BCUT2D eigenvalue weighted by Gasteiger charge is -2.09. The molecule has 0 aliphatic carbocycles. The number of benzene rings is 1. The number of aromatic nitrogens is 1. The fourth-order valence-corrected chi connectivity index (χ4v) is 1.70. The normalized spacial score (nSPS) is 10.0. The van der Waals surface area contributed by atoms with E-state index >= 15 is 0 Å². The zero-order valence-electron chi connectivity index (χ0n) is 10.2. The van der Waals surface area contributed by atoms with Crippen LogP contribution in [-0.4, -0.2) is 18.1 Å². The summed E-state index contributed by atoms with van der Waals surface area (Å²) in [5.41, 5.74) is 7.35. The lowest BCUT2D eigenvalue weighted by molar-refractivity contribution is 0.0601. The number of nitrogens with one attached hydrogen (secondary N) is 1. The Labute approximate surface area is 115 Å². The number of anilines is 3. The van der Waals surface area contributed by atoms with E-state index in [0.717, 1.165) is 0 Å². The fourth-order valence-electron chi connectivity index (χ4n) is 1.54. The van der Waals surface area contributed by atoms with E-state index < -0.39 is 5.97 Å². The van der Waals surface area contributed by atoms with Crippen molar-refractivity contribution in [2.45, 2.75) is 0 Å². The third-order valence-corrected chi connectivity index (χ3v) is 2.64. The van der Waals surface area contributed by atoms with E-state index in [-0.39, 0.29) is 0 Å². The van der Waals surface area contributed by atoms with Crippen LogP contribution in [0, 0.1) is 0 Å². The van der Waals surface area contributed by atoms with Crippen molar-refractivity contribution in [2.24, 2.45) is 0 Å². The van der Waals surface area contributed by atoms with Gasteiger partial charge in [-0.2, -0.15) is 0 Å². The van der Waals surface area contributed by atoms with Crippen molar-refractivity contribution >= 4 is 34.8 Å². The highest BCUT2D eigenvalue weighted by Gasteiger charge is 2.07. The molecule has 0 saturated heterocycles. The van der Waals surface area contributed by atoms with E-state index in [9.17, 15) is 4.79 Å². The largest absolute Gasteiger partial charge is 0.465 e. The number of carbonyl (C=O) groups is 1. The van der Waals surface area contributed by atoms with Crippen molar-refractivity contribution in [3.63, 3.8) is 0 Å². The van der Waals surface area contributed by atoms with Gasteiger partial charge in [-0.15, -0.1) is 0 Å². The molecule has 0 aliphatic heterocycles. The van der Waals surface area contributed by atoms with Crippen LogP contribution >= 0.6 is 11.6 Å². The molecule has 3 N–H and O–H groups in total. The van der Waals surface area contributed by atoms with Crippen molar-refractivity contribution in [2.75, 3.05) is 18.2 Å². The minimum atomic E-state index is -0.402. The van der Waals surface area contributed by atoms with Gasteiger partial charge in [0.2, 0.25) is 0 Å². The molecule has 0 radical (unpaired) electrons. The molecule has 5 nitrogen and oxygen atoms in total. The monoisotopic (exact) mass is 277 g/mol. The number of ether oxygens (including phenoxy) is 1. The standard InChI is InChI=1S/C13H12ClN3O2/c1-19-13(18)8-3-2-4-10(5-8)17-12-11(15)6-9(14)7-16-12/h2-7H,15H2,1H3,(H,16,17). The third-order valence-electron chi connectivity index (χ3n) is 2.43. The molecule has 0 bridgehead atoms. The molecule has 19 heavy (non-hydrogen) atoms. The second-order valence-corrected chi connectivity index (χ2v) is 4.23. The van der Waals surface area contributed by atoms with Gasteiger partial charge in [0.15, 0.2) is 5.82 Å². The zero-order valence-corrected chi connectivity index (χ0v) is 10.9. The Hall–Kier alpha value is -2.27. The molecular formula is C13H12ClN3O2. The molecule has 0 fully saturated rings. The molecule has 0 aliphatic rings. The van der Waals surface area contributed by atoms with Gasteiger partial charge in [0.25, 0.3) is 0 Å². The predicted octanol–water partition coefficient (Wildman–Crippen LogP) is 2.85. The molecular weight excluding hydrogens is 266 g/mol. The van der Waals surface area contributed by atoms with Crippen LogP contribution in [0.3, 0.4) is 0 Å². The molecule has 1 aromatic carbocycles. The molecule has 6 heteroatoms. The van der Waals surface area contributed by atoms with Crippen LogP contribution in [0.4, 0.5) is 17.2 Å². The topological polar surface area (TPSA) is 77.2 Å². The van der Waals surface area contributed by atoms with Crippen LogP contribution in [-0.2, 0) is 4.74 Å². The molecule has 0 spiro atoms. The molecule has 2 rings (SSSR count). The lowest BCUT2D eigenvalue weighted by atomic mass is 10.2. The fraction of sp³-hybridized carbons (Fsp3) is 0.0769. The number of methoxy groups -OCH3 is 1. The summed E-state index contributed by atoms with van der Waals surface area (Å²) in [6.45, 7) is 0. The maximum Gasteiger partial charge on any atom is 0.337 e. The van der Waals surface area contributed by atoms with Crippen LogP contribution in [0.15, 0.2) is 36.5 Å². The molecule has 0 saturated carbocycles. The summed E-state index contributed by atoms with van der Waals surface area (Å²) >= 11 is 5.77. The quantitative estimate of drug-likeness (QED) is 0.844. The van der Waals surface area contributed by atoms with E-state index in [4.69, 9.17) is 17.3 Å². The van der Waals surface area contributed by atoms with Gasteiger partial charge in [-0.25, -0.2) is 9.78 Å². The van der Waals surface area contributed by atoms with Crippen LogP contribution in [0.2, 0.25) is 5.02 Å². The van der Waals surface area contributed by atoms with E-state index in [2.05, 4.69) is 15.0 Å². The van der Waals surface area contributed by atoms with Crippen molar-refractivity contribution < 1.29 is 9.53 Å². The Balaban J connectivity index is 2.26. The Morgan fingerprint density at radius 1 is 1.42 bits per heavy atom. The van der Waals surface area contributed by atoms with Crippen molar-refractivity contribution in [3.8, 4) is 0 Å². The number of carbonyl (C=O) groups excluding carboxylic acids is 1. The summed E-state index contributed by atoms with van der Waals surface area (Å²) in [7, 11) is 1.33. The van der Waals surface area contributed by atoms with Gasteiger partial charge in [-0.3, -0.25) is 0 Å². The maximum absolute atomic E-state index is 11.4. The van der Waals surface area contributed by atoms with E-state index in [0.29, 0.717) is 27.8 Å². The summed E-state index contributed by atoms with van der Waals surface area (Å²) in [5, 5.41) is 3.48. The number of rotatable bonds is 3. The summed E-state index contributed by atoms with van der Waals surface area (Å²) < 4.78 is 4.66. The number of esters is 1. The predicted molar refractivity (Wildman–Crippen MR) is 74.7 cm³/mol. The van der Waals surface area contributed by atoms with Gasteiger partial charge in [-0.05, 0) is 24.3 Å². The number of pyridine rings is 1. The third kappa shape index (κ3) is 3.14. The first-order valence-electron chi connectivity index (χ1n) is 5.46. The smallest absolute Gasteiger partial charge is 0.337 e. The molecule has 0 unspecified atom stereocenters. The van der Waals surface area contributed by atoms with Gasteiger partial charge in [-0.1, -0.05) is 17.7 Å². The second-order valence-electron chi connectivity index (χ2n) is 3.79. The first-order valence-corrected chi connectivity index (χ1v) is 5.84. The Morgan fingerprint density at radius 2 is 2.21 bits per heavy atom. The van der Waals surface area contributed by atoms with Gasteiger partial charge >= 0.3 is 5.97 Å². The van der Waals surface area contributed by atoms with Crippen LogP contribution in [0.1, 0.15) is 10.4 Å². The number of hydrogen-bond donors (Lipinski definition) is 2. The number of nitrogens with two attached hydrogens (primary N) is 1. The highest BCUT2D eigenvalue weighted by Crippen LogP contribution is 2.23. The van der Waals surface area contributed by atoms with Crippen molar-refractivity contribution in [1.82, 2.24) is 4.98 Å². The van der Waals surface area contributed by atoms with Crippen molar-refractivity contribution in [3.05, 3.63) is 47.1 Å². The molecule has 0 amide bonds.